The predicted octanol–water partition coefficient (Wildman–Crippen LogP) is 1.85. The molecule has 2 saturated heterocycles. The summed E-state index contributed by atoms with van der Waals surface area (Å²) >= 11 is 0. The van der Waals surface area contributed by atoms with Crippen LogP contribution in [0.1, 0.15) is 36.8 Å². The Hall–Kier alpha value is -1.59. The predicted molar refractivity (Wildman–Crippen MR) is 91.3 cm³/mol. The van der Waals surface area contributed by atoms with Crippen LogP contribution in [0.25, 0.3) is 0 Å². The quantitative estimate of drug-likeness (QED) is 0.849. The highest BCUT2D eigenvalue weighted by atomic mass is 16.6. The Balaban J connectivity index is 1.62. The van der Waals surface area contributed by atoms with Gasteiger partial charge in [0.2, 0.25) is 6.29 Å². The van der Waals surface area contributed by atoms with Gasteiger partial charge in [0.15, 0.2) is 0 Å². The first kappa shape index (κ1) is 15.6. The molecule has 0 radical (unpaired) electrons. The summed E-state index contributed by atoms with van der Waals surface area (Å²) < 4.78 is 10.7. The average molecular weight is 343 g/mol. The van der Waals surface area contributed by atoms with Crippen molar-refractivity contribution in [2.24, 2.45) is 11.8 Å². The normalized spacial score (nSPS) is 37.0. The molecule has 2 bridgehead atoms. The summed E-state index contributed by atoms with van der Waals surface area (Å²) in [5.41, 5.74) is 2.17. The zero-order valence-corrected chi connectivity index (χ0v) is 14.6. The van der Waals surface area contributed by atoms with E-state index >= 15 is 0 Å². The number of aliphatic hydroxyl groups excluding tert-OH is 1. The maximum atomic E-state index is 12.2. The van der Waals surface area contributed by atoms with Crippen LogP contribution >= 0.6 is 0 Å². The van der Waals surface area contributed by atoms with E-state index in [0.717, 1.165) is 37.6 Å². The van der Waals surface area contributed by atoms with Crippen molar-refractivity contribution in [3.8, 4) is 5.75 Å². The molecule has 2 aliphatic carbocycles. The molecule has 0 amide bonds. The number of rotatable bonds is 3. The summed E-state index contributed by atoms with van der Waals surface area (Å²) in [7, 11) is 1.67. The van der Waals surface area contributed by atoms with Gasteiger partial charge in [-0.25, -0.2) is 0 Å². The molecule has 1 unspecified atom stereocenters. The molecule has 4 atom stereocenters. The summed E-state index contributed by atoms with van der Waals surface area (Å²) in [5, 5.41) is 10.7. The van der Waals surface area contributed by atoms with Crippen LogP contribution in [0, 0.1) is 11.8 Å². The van der Waals surface area contributed by atoms with Gasteiger partial charge in [0.05, 0.1) is 13.5 Å². The summed E-state index contributed by atoms with van der Waals surface area (Å²) in [4.78, 5) is 14.8. The molecule has 25 heavy (non-hydrogen) atoms. The standard InChI is InChI=1S/C20H25NO4/c1-24-14-5-4-13-8-16-18-19(23)25-17(22)10-20(18,15(13)9-14)6-7-21(16)11-12-2-3-12/h4-5,9,12,16,18-19,23H,2-3,6-8,10-11H2,1H3/t16-,18-,19?,20-/m1/s1. The van der Waals surface area contributed by atoms with Gasteiger partial charge in [0.25, 0.3) is 0 Å². The summed E-state index contributed by atoms with van der Waals surface area (Å²) in [6, 6.07) is 6.49. The van der Waals surface area contributed by atoms with E-state index in [2.05, 4.69) is 17.0 Å². The second-order valence-electron chi connectivity index (χ2n) is 8.22. The molecule has 0 spiro atoms. The zero-order chi connectivity index (χ0) is 17.2. The number of aliphatic hydroxyl groups is 1. The van der Waals surface area contributed by atoms with Crippen molar-refractivity contribution < 1.29 is 19.4 Å². The molecule has 134 valence electrons. The number of fused-ring (bicyclic) bond motifs is 1. The lowest BCUT2D eigenvalue weighted by molar-refractivity contribution is -0.219. The van der Waals surface area contributed by atoms with Crippen molar-refractivity contribution >= 4 is 5.97 Å². The topological polar surface area (TPSA) is 59.0 Å². The van der Waals surface area contributed by atoms with E-state index in [0.29, 0.717) is 6.42 Å². The van der Waals surface area contributed by atoms with Gasteiger partial charge in [-0.15, -0.1) is 0 Å². The van der Waals surface area contributed by atoms with Gasteiger partial charge in [0.1, 0.15) is 5.75 Å². The molecule has 3 fully saturated rings. The van der Waals surface area contributed by atoms with Gasteiger partial charge in [-0.1, -0.05) is 6.07 Å². The molecular formula is C20H25NO4. The van der Waals surface area contributed by atoms with Crippen molar-refractivity contribution in [3.63, 3.8) is 0 Å². The van der Waals surface area contributed by atoms with Crippen LogP contribution in [0.4, 0.5) is 0 Å². The molecule has 5 rings (SSSR count). The monoisotopic (exact) mass is 343 g/mol. The number of carbonyl (C=O) groups excluding carboxylic acids is 1. The Morgan fingerprint density at radius 2 is 2.24 bits per heavy atom. The fourth-order valence-electron chi connectivity index (χ4n) is 5.52. The number of cyclic esters (lactones) is 1. The number of benzene rings is 1. The molecule has 1 aromatic carbocycles. The highest BCUT2D eigenvalue weighted by Gasteiger charge is 2.60. The lowest BCUT2D eigenvalue weighted by Crippen LogP contribution is -2.66. The van der Waals surface area contributed by atoms with E-state index in [9.17, 15) is 9.90 Å². The van der Waals surface area contributed by atoms with Crippen LogP contribution in [0.2, 0.25) is 0 Å². The van der Waals surface area contributed by atoms with E-state index in [4.69, 9.17) is 9.47 Å². The number of piperidine rings is 1. The maximum Gasteiger partial charge on any atom is 0.309 e. The van der Waals surface area contributed by atoms with Crippen molar-refractivity contribution in [1.82, 2.24) is 4.90 Å². The summed E-state index contributed by atoms with van der Waals surface area (Å²) in [5.74, 6) is 1.30. The minimum atomic E-state index is -1.01. The first-order valence-electron chi connectivity index (χ1n) is 9.40. The molecular weight excluding hydrogens is 318 g/mol. The lowest BCUT2D eigenvalue weighted by Gasteiger charge is -2.59. The third kappa shape index (κ3) is 2.32. The maximum absolute atomic E-state index is 12.2. The number of nitrogens with zero attached hydrogens (tertiary/aromatic N) is 1. The van der Waals surface area contributed by atoms with E-state index in [1.165, 1.54) is 24.0 Å². The van der Waals surface area contributed by atoms with Crippen molar-refractivity contribution in [3.05, 3.63) is 29.3 Å². The number of hydrogen-bond donors (Lipinski definition) is 1. The Labute approximate surface area is 147 Å². The van der Waals surface area contributed by atoms with Crippen molar-refractivity contribution in [2.45, 2.75) is 49.9 Å². The largest absolute Gasteiger partial charge is 0.497 e. The second kappa shape index (κ2) is 5.45. The number of likely N-dealkylation sites (tertiary alicyclic amines) is 1. The molecule has 2 aliphatic heterocycles. The molecule has 1 saturated carbocycles. The van der Waals surface area contributed by atoms with Crippen molar-refractivity contribution in [1.29, 1.82) is 0 Å². The van der Waals surface area contributed by atoms with Crippen LogP contribution in [0.15, 0.2) is 18.2 Å². The fraction of sp³-hybridized carbons (Fsp3) is 0.650. The van der Waals surface area contributed by atoms with Crippen molar-refractivity contribution in [2.75, 3.05) is 20.2 Å². The van der Waals surface area contributed by atoms with Crippen LogP contribution in [0.3, 0.4) is 0 Å². The Morgan fingerprint density at radius 1 is 1.40 bits per heavy atom. The van der Waals surface area contributed by atoms with Gasteiger partial charge in [-0.05, 0) is 61.4 Å². The van der Waals surface area contributed by atoms with E-state index in [-0.39, 0.29) is 23.3 Å². The Bertz CT molecular complexity index is 716. The number of carbonyl (C=O) groups is 1. The van der Waals surface area contributed by atoms with Crippen LogP contribution in [-0.4, -0.2) is 48.5 Å². The highest BCUT2D eigenvalue weighted by molar-refractivity contribution is 5.74. The molecule has 5 nitrogen and oxygen atoms in total. The van der Waals surface area contributed by atoms with Crippen LogP contribution in [0.5, 0.6) is 5.75 Å². The molecule has 1 N–H and O–H groups in total. The van der Waals surface area contributed by atoms with Gasteiger partial charge in [-0.3, -0.25) is 9.69 Å². The van der Waals surface area contributed by atoms with Gasteiger partial charge >= 0.3 is 5.97 Å². The highest BCUT2D eigenvalue weighted by Crippen LogP contribution is 2.55. The zero-order valence-electron chi connectivity index (χ0n) is 14.6. The number of methoxy groups -OCH3 is 1. The Morgan fingerprint density at radius 3 is 3.00 bits per heavy atom. The first-order valence-corrected chi connectivity index (χ1v) is 9.40. The molecule has 4 aliphatic rings. The fourth-order valence-corrected chi connectivity index (χ4v) is 5.52. The molecule has 5 heteroatoms. The average Bonchev–Trinajstić information content (AvgIpc) is 3.40. The minimum Gasteiger partial charge on any atom is -0.497 e. The second-order valence-corrected chi connectivity index (χ2v) is 8.22. The Kier molecular flexibility index (Phi) is 3.41. The molecule has 2 heterocycles. The van der Waals surface area contributed by atoms with Crippen LogP contribution in [-0.2, 0) is 21.4 Å². The van der Waals surface area contributed by atoms with E-state index in [1.807, 2.05) is 6.07 Å². The third-order valence-electron chi connectivity index (χ3n) is 6.86. The number of ether oxygens (including phenoxy) is 2. The lowest BCUT2D eigenvalue weighted by atomic mass is 9.55. The van der Waals surface area contributed by atoms with E-state index in [1.54, 1.807) is 7.11 Å². The third-order valence-corrected chi connectivity index (χ3v) is 6.86. The van der Waals surface area contributed by atoms with Crippen LogP contribution < -0.4 is 4.74 Å². The minimum absolute atomic E-state index is 0.0442. The van der Waals surface area contributed by atoms with Gasteiger partial charge < -0.3 is 14.6 Å². The summed E-state index contributed by atoms with van der Waals surface area (Å²) in [6.07, 6.45) is 3.81. The number of hydrogen-bond acceptors (Lipinski definition) is 5. The summed E-state index contributed by atoms with van der Waals surface area (Å²) in [6.45, 7) is 2.11. The van der Waals surface area contributed by atoms with Gasteiger partial charge in [0, 0.05) is 23.9 Å². The SMILES string of the molecule is COc1ccc2c(c1)[C@]13CCN(CC4CC4)[C@H](C2)[C@@H]1C(O)OC(=O)C3. The number of esters is 1. The first-order chi connectivity index (χ1) is 12.1. The molecule has 0 aromatic heterocycles. The van der Waals surface area contributed by atoms with E-state index < -0.39 is 6.29 Å². The molecule has 1 aromatic rings. The van der Waals surface area contributed by atoms with Gasteiger partial charge in [-0.2, -0.15) is 0 Å². The smallest absolute Gasteiger partial charge is 0.309 e.